The Morgan fingerprint density at radius 2 is 0.926 bits per heavy atom. The van der Waals surface area contributed by atoms with Gasteiger partial charge in [-0.2, -0.15) is 0 Å². The number of nitrogens with zero attached hydrogens (tertiary/aromatic N) is 4. The predicted octanol–water partition coefficient (Wildman–Crippen LogP) is 8.16. The highest BCUT2D eigenvalue weighted by Gasteiger charge is 2.58. The molecule has 12 nitrogen and oxygen atoms in total. The van der Waals surface area contributed by atoms with Gasteiger partial charge >= 0.3 is 0 Å². The molecule has 0 saturated carbocycles. The standard InChI is InChI=1S/C54H58F2N6O6/c55-43-9-1-3-11-45(43)63-31-29-61-25-19-39(20-26-61)35-59-53(51-13-5-7-23-57-51,41-15-17-47-49(33-41)67-37-65-47)54(52-14-6-8-24-58-52,42-16-18-48-50(34-42)68-38-66-48)60-36-40-21-27-62(28-22-40)30-32-64-46-12-4-2-10-44(46)56/h1-18,23-24,33-34,39-40,59-60H,19-22,25-32,35-38H2/t53-,54?/m0/s1. The van der Waals surface area contributed by atoms with Crippen LogP contribution in [0.25, 0.3) is 0 Å². The Hall–Kier alpha value is -6.32. The van der Waals surface area contributed by atoms with Crippen molar-refractivity contribution < 1.29 is 37.2 Å². The van der Waals surface area contributed by atoms with Gasteiger partial charge in [0.05, 0.1) is 11.4 Å². The second kappa shape index (κ2) is 20.9. The van der Waals surface area contributed by atoms with Crippen LogP contribution >= 0.6 is 0 Å². The minimum atomic E-state index is -1.13. The lowest BCUT2D eigenvalue weighted by molar-refractivity contribution is 0.122. The van der Waals surface area contributed by atoms with E-state index in [1.807, 2.05) is 48.8 Å². The molecule has 0 radical (unpaired) electrons. The summed E-state index contributed by atoms with van der Waals surface area (Å²) in [5.74, 6) is 3.15. The fraction of sp³-hybridized carbons (Fsp3) is 0.370. The van der Waals surface area contributed by atoms with Crippen LogP contribution in [-0.4, -0.2) is 98.9 Å². The molecule has 0 amide bonds. The molecule has 4 aliphatic heterocycles. The summed E-state index contributed by atoms with van der Waals surface area (Å²) in [5, 5.41) is 8.57. The molecule has 0 bridgehead atoms. The molecule has 2 fully saturated rings. The first-order valence-corrected chi connectivity index (χ1v) is 23.8. The van der Waals surface area contributed by atoms with Crippen LogP contribution in [0.2, 0.25) is 0 Å². The van der Waals surface area contributed by atoms with E-state index in [0.717, 1.165) is 74.4 Å². The predicted molar refractivity (Wildman–Crippen MR) is 253 cm³/mol. The van der Waals surface area contributed by atoms with Gasteiger partial charge < -0.3 is 28.4 Å². The van der Waals surface area contributed by atoms with Crippen molar-refractivity contribution in [2.75, 3.05) is 79.2 Å². The van der Waals surface area contributed by atoms with E-state index in [1.165, 1.54) is 12.1 Å². The fourth-order valence-corrected chi connectivity index (χ4v) is 10.3. The Labute approximate surface area is 396 Å². The Kier molecular flexibility index (Phi) is 14.0. The first kappa shape index (κ1) is 45.5. The van der Waals surface area contributed by atoms with Crippen LogP contribution in [0.5, 0.6) is 34.5 Å². The Balaban J connectivity index is 0.993. The van der Waals surface area contributed by atoms with Crippen molar-refractivity contribution in [2.45, 2.75) is 36.8 Å². The number of hydrogen-bond acceptors (Lipinski definition) is 12. The van der Waals surface area contributed by atoms with Gasteiger partial charge in [-0.05, 0) is 161 Å². The minimum absolute atomic E-state index is 0.131. The maximum absolute atomic E-state index is 14.3. The van der Waals surface area contributed by atoms with Crippen molar-refractivity contribution in [1.82, 2.24) is 30.4 Å². The molecule has 2 N–H and O–H groups in total. The number of fused-ring (bicyclic) bond motifs is 2. The van der Waals surface area contributed by atoms with Gasteiger partial charge in [0.2, 0.25) is 13.6 Å². The largest absolute Gasteiger partial charge is 0.489 e. The number of ether oxygens (including phenoxy) is 6. The first-order chi connectivity index (χ1) is 33.5. The van der Waals surface area contributed by atoms with Crippen molar-refractivity contribution in [1.29, 1.82) is 0 Å². The number of hydrogen-bond donors (Lipinski definition) is 2. The second-order valence-electron chi connectivity index (χ2n) is 18.0. The van der Waals surface area contributed by atoms with Crippen LogP contribution in [0, 0.1) is 23.5 Å². The zero-order valence-corrected chi connectivity index (χ0v) is 38.2. The average molecular weight is 925 g/mol. The van der Waals surface area contributed by atoms with Crippen LogP contribution < -0.4 is 39.1 Å². The normalized spacial score (nSPS) is 18.2. The van der Waals surface area contributed by atoms with Crippen LogP contribution in [0.4, 0.5) is 8.78 Å². The minimum Gasteiger partial charge on any atom is -0.489 e. The number of benzene rings is 4. The lowest BCUT2D eigenvalue weighted by atomic mass is 9.63. The summed E-state index contributed by atoms with van der Waals surface area (Å²) in [6, 6.07) is 37.7. The fourth-order valence-electron chi connectivity index (χ4n) is 10.3. The van der Waals surface area contributed by atoms with Gasteiger partial charge in [-0.1, -0.05) is 48.5 Å². The van der Waals surface area contributed by atoms with E-state index in [4.69, 9.17) is 38.4 Å². The summed E-state index contributed by atoms with van der Waals surface area (Å²) >= 11 is 0. The molecule has 354 valence electrons. The SMILES string of the molecule is Fc1ccccc1OCCN1CCC(CNC(c2ccc3c(c2)OCO3)(c2ccccn2)[C@](NCC2CCN(CCOc3ccccc3F)CC2)(c2ccc3c(c2)OCO3)c2ccccn2)CC1. The molecule has 2 aromatic heterocycles. The third-order valence-corrected chi connectivity index (χ3v) is 14.0. The lowest BCUT2D eigenvalue weighted by Gasteiger charge is -2.53. The molecule has 2 saturated heterocycles. The molecule has 0 aliphatic carbocycles. The van der Waals surface area contributed by atoms with E-state index in [9.17, 15) is 8.78 Å². The number of para-hydroxylation sites is 2. The maximum atomic E-state index is 14.3. The third-order valence-electron chi connectivity index (χ3n) is 14.0. The highest BCUT2D eigenvalue weighted by molar-refractivity contribution is 5.58. The molecule has 2 atom stereocenters. The van der Waals surface area contributed by atoms with Gasteiger partial charge in [0, 0.05) is 25.5 Å². The van der Waals surface area contributed by atoms with Crippen LogP contribution in [-0.2, 0) is 11.1 Å². The second-order valence-corrected chi connectivity index (χ2v) is 18.0. The number of rotatable bonds is 19. The van der Waals surface area contributed by atoms with E-state index in [-0.39, 0.29) is 36.7 Å². The Bertz CT molecular complexity index is 2420. The number of nitrogens with one attached hydrogen (secondary N) is 2. The summed E-state index contributed by atoms with van der Waals surface area (Å²) < 4.78 is 64.4. The molecule has 6 heterocycles. The van der Waals surface area contributed by atoms with Crippen LogP contribution in [0.15, 0.2) is 134 Å². The number of piperidine rings is 2. The zero-order chi connectivity index (χ0) is 46.2. The number of aromatic nitrogens is 2. The summed E-state index contributed by atoms with van der Waals surface area (Å²) in [5.41, 5.74) is 1.16. The monoisotopic (exact) mass is 924 g/mol. The third kappa shape index (κ3) is 9.55. The zero-order valence-electron chi connectivity index (χ0n) is 38.2. The molecule has 6 aromatic rings. The van der Waals surface area contributed by atoms with Gasteiger partial charge in [-0.25, -0.2) is 8.78 Å². The molecule has 14 heteroatoms. The van der Waals surface area contributed by atoms with E-state index >= 15 is 0 Å². The number of likely N-dealkylation sites (tertiary alicyclic amines) is 2. The Morgan fingerprint density at radius 3 is 1.34 bits per heavy atom. The molecule has 1 unspecified atom stereocenters. The molecule has 10 rings (SSSR count). The van der Waals surface area contributed by atoms with Crippen molar-refractivity contribution in [3.63, 3.8) is 0 Å². The lowest BCUT2D eigenvalue weighted by Crippen LogP contribution is -2.68. The number of pyridine rings is 2. The van der Waals surface area contributed by atoms with Gasteiger partial charge in [-0.15, -0.1) is 0 Å². The van der Waals surface area contributed by atoms with Crippen molar-refractivity contribution in [3.8, 4) is 34.5 Å². The van der Waals surface area contributed by atoms with Crippen LogP contribution in [0.1, 0.15) is 48.2 Å². The molecule has 4 aliphatic rings. The molecule has 68 heavy (non-hydrogen) atoms. The van der Waals surface area contributed by atoms with Gasteiger partial charge in [0.1, 0.15) is 24.3 Å². The van der Waals surface area contributed by atoms with Crippen molar-refractivity contribution in [3.05, 3.63) is 168 Å². The smallest absolute Gasteiger partial charge is 0.231 e. The molecular weight excluding hydrogens is 867 g/mol. The molecule has 4 aromatic carbocycles. The first-order valence-electron chi connectivity index (χ1n) is 23.8. The summed E-state index contributed by atoms with van der Waals surface area (Å²) in [7, 11) is 0. The van der Waals surface area contributed by atoms with Gasteiger partial charge in [0.25, 0.3) is 0 Å². The topological polar surface area (TPSA) is 112 Å². The van der Waals surface area contributed by atoms with Crippen molar-refractivity contribution in [2.24, 2.45) is 11.8 Å². The molecular formula is C54H58F2N6O6. The van der Waals surface area contributed by atoms with Gasteiger partial charge in [0.15, 0.2) is 46.1 Å². The summed E-state index contributed by atoms with van der Waals surface area (Å²) in [6.45, 7) is 7.33. The average Bonchev–Trinajstić information content (AvgIpc) is 4.07. The molecule has 0 spiro atoms. The maximum Gasteiger partial charge on any atom is 0.231 e. The van der Waals surface area contributed by atoms with Crippen LogP contribution in [0.3, 0.4) is 0 Å². The highest BCUT2D eigenvalue weighted by Crippen LogP contribution is 2.52. The summed E-state index contributed by atoms with van der Waals surface area (Å²) in [4.78, 5) is 15.3. The summed E-state index contributed by atoms with van der Waals surface area (Å²) in [6.07, 6.45) is 7.51. The highest BCUT2D eigenvalue weighted by atomic mass is 19.1. The van der Waals surface area contributed by atoms with E-state index in [2.05, 4.69) is 56.8 Å². The van der Waals surface area contributed by atoms with Crippen molar-refractivity contribution >= 4 is 0 Å². The van der Waals surface area contributed by atoms with Gasteiger partial charge in [-0.3, -0.25) is 30.4 Å². The quantitative estimate of drug-likeness (QED) is 0.0818. The van der Waals surface area contributed by atoms with E-state index < -0.39 is 11.1 Å². The van der Waals surface area contributed by atoms with E-state index in [0.29, 0.717) is 74.2 Å². The number of halogens is 2. The Morgan fingerprint density at radius 1 is 0.515 bits per heavy atom. The van der Waals surface area contributed by atoms with E-state index in [1.54, 1.807) is 36.4 Å².